The Morgan fingerprint density at radius 2 is 0.765 bits per heavy atom. The Bertz CT molecular complexity index is 2390. The van der Waals surface area contributed by atoms with Crippen molar-refractivity contribution < 1.29 is 17.6 Å². The number of hydrogen-bond donors (Lipinski definition) is 0. The molecule has 51 heavy (non-hydrogen) atoms. The van der Waals surface area contributed by atoms with E-state index in [0.29, 0.717) is 22.5 Å². The van der Waals surface area contributed by atoms with Gasteiger partial charge >= 0.3 is 0 Å². The van der Waals surface area contributed by atoms with Gasteiger partial charge in [0.25, 0.3) is 0 Å². The first kappa shape index (κ1) is 31.8. The van der Waals surface area contributed by atoms with Crippen molar-refractivity contribution in [3.8, 4) is 44.5 Å². The van der Waals surface area contributed by atoms with Gasteiger partial charge in [-0.3, -0.25) is 0 Å². The van der Waals surface area contributed by atoms with Gasteiger partial charge < -0.3 is 4.90 Å². The van der Waals surface area contributed by atoms with Crippen LogP contribution in [0.15, 0.2) is 176 Å². The fraction of sp³-hybridized carbons (Fsp3) is 0. The van der Waals surface area contributed by atoms with Crippen molar-refractivity contribution in [3.05, 3.63) is 199 Å². The molecule has 0 aliphatic rings. The molecule has 5 heteroatoms. The van der Waals surface area contributed by atoms with Gasteiger partial charge in [0, 0.05) is 17.1 Å². The van der Waals surface area contributed by atoms with Crippen molar-refractivity contribution in [1.82, 2.24) is 0 Å². The second kappa shape index (κ2) is 13.4. The van der Waals surface area contributed by atoms with Crippen LogP contribution in [-0.4, -0.2) is 0 Å². The highest BCUT2D eigenvalue weighted by Crippen LogP contribution is 2.42. The van der Waals surface area contributed by atoms with Gasteiger partial charge in [0.15, 0.2) is 0 Å². The first-order valence-electron chi connectivity index (χ1n) is 16.5. The highest BCUT2D eigenvalue weighted by Gasteiger charge is 2.20. The van der Waals surface area contributed by atoms with E-state index in [9.17, 15) is 0 Å². The maximum absolute atomic E-state index is 15.0. The Kier molecular flexibility index (Phi) is 8.38. The highest BCUT2D eigenvalue weighted by molar-refractivity contribution is 6.02. The van der Waals surface area contributed by atoms with Crippen LogP contribution in [0.3, 0.4) is 0 Å². The molecule has 0 atom stereocenters. The van der Waals surface area contributed by atoms with Crippen LogP contribution in [0.4, 0.5) is 34.6 Å². The van der Waals surface area contributed by atoms with Crippen molar-refractivity contribution >= 4 is 27.8 Å². The van der Waals surface area contributed by atoms with Gasteiger partial charge in [-0.1, -0.05) is 103 Å². The zero-order chi connectivity index (χ0) is 34.9. The molecule has 0 unspecified atom stereocenters. The molecule has 8 rings (SSSR count). The molecule has 0 N–H and O–H groups in total. The van der Waals surface area contributed by atoms with Gasteiger partial charge in [0.1, 0.15) is 23.3 Å². The van der Waals surface area contributed by atoms with Gasteiger partial charge in [-0.25, -0.2) is 17.6 Å². The van der Waals surface area contributed by atoms with Crippen LogP contribution < -0.4 is 4.90 Å². The van der Waals surface area contributed by atoms with Crippen LogP contribution in [0.5, 0.6) is 0 Å². The van der Waals surface area contributed by atoms with Gasteiger partial charge in [0.05, 0.1) is 11.1 Å². The van der Waals surface area contributed by atoms with E-state index < -0.39 is 23.3 Å². The Hall–Kier alpha value is -6.46. The van der Waals surface area contributed by atoms with Crippen molar-refractivity contribution in [2.75, 3.05) is 4.90 Å². The highest BCUT2D eigenvalue weighted by atomic mass is 19.1. The third-order valence-electron chi connectivity index (χ3n) is 9.10. The van der Waals surface area contributed by atoms with E-state index in [-0.39, 0.29) is 11.1 Å². The van der Waals surface area contributed by atoms with Crippen LogP contribution >= 0.6 is 0 Å². The normalized spacial score (nSPS) is 11.1. The Labute approximate surface area is 293 Å². The number of rotatable bonds is 7. The topological polar surface area (TPSA) is 3.24 Å². The van der Waals surface area contributed by atoms with Crippen molar-refractivity contribution in [2.45, 2.75) is 0 Å². The smallest absolute Gasteiger partial charge is 0.133 e. The molecule has 0 heterocycles. The van der Waals surface area contributed by atoms with Gasteiger partial charge in [-0.15, -0.1) is 0 Å². The summed E-state index contributed by atoms with van der Waals surface area (Å²) in [6.07, 6.45) is 0. The molecule has 0 saturated carbocycles. The van der Waals surface area contributed by atoms with E-state index in [1.807, 2.05) is 59.5 Å². The quantitative estimate of drug-likeness (QED) is 0.152. The summed E-state index contributed by atoms with van der Waals surface area (Å²) in [4.78, 5) is 1.93. The molecule has 0 saturated heterocycles. The predicted octanol–water partition coefficient (Wildman–Crippen LogP) is 13.5. The van der Waals surface area contributed by atoms with Gasteiger partial charge in [-0.2, -0.15) is 0 Å². The van der Waals surface area contributed by atoms with Crippen LogP contribution in [0.1, 0.15) is 0 Å². The zero-order valence-corrected chi connectivity index (χ0v) is 27.2. The van der Waals surface area contributed by atoms with Crippen molar-refractivity contribution in [2.24, 2.45) is 0 Å². The van der Waals surface area contributed by atoms with Gasteiger partial charge in [0.2, 0.25) is 0 Å². The fourth-order valence-corrected chi connectivity index (χ4v) is 6.75. The number of benzene rings is 8. The summed E-state index contributed by atoms with van der Waals surface area (Å²) in [5, 5.41) is 2.00. The number of halogens is 4. The lowest BCUT2D eigenvalue weighted by atomic mass is 9.92. The first-order chi connectivity index (χ1) is 24.9. The standard InChI is InChI=1S/C46H29F4N/c47-41-19-9-20-42(48)45(41)32-15-7-17-36(26-32)51(37-18-8-16-33(27-37)46-43(49)21-10-22-44(46)50)38-23-24-39-35(28-38)25-34(30-11-3-1-4-12-30)29-40(39)31-13-5-2-6-14-31/h1-29H. The first-order valence-corrected chi connectivity index (χ1v) is 16.5. The Balaban J connectivity index is 1.36. The molecule has 0 radical (unpaired) electrons. The molecule has 0 bridgehead atoms. The monoisotopic (exact) mass is 671 g/mol. The van der Waals surface area contributed by atoms with Crippen LogP contribution in [0, 0.1) is 23.3 Å². The lowest BCUT2D eigenvalue weighted by Crippen LogP contribution is -2.10. The molecular weight excluding hydrogens is 643 g/mol. The third kappa shape index (κ3) is 6.15. The molecule has 0 aliphatic heterocycles. The average molecular weight is 672 g/mol. The van der Waals surface area contributed by atoms with E-state index >= 15 is 17.6 Å². The second-order valence-electron chi connectivity index (χ2n) is 12.3. The number of hydrogen-bond acceptors (Lipinski definition) is 1. The lowest BCUT2D eigenvalue weighted by molar-refractivity contribution is 0.589. The molecule has 1 nitrogen and oxygen atoms in total. The van der Waals surface area contributed by atoms with Crippen LogP contribution in [0.2, 0.25) is 0 Å². The molecule has 0 spiro atoms. The second-order valence-corrected chi connectivity index (χ2v) is 12.3. The van der Waals surface area contributed by atoms with Crippen molar-refractivity contribution in [1.29, 1.82) is 0 Å². The van der Waals surface area contributed by atoms with E-state index in [1.54, 1.807) is 36.4 Å². The van der Waals surface area contributed by atoms with E-state index in [4.69, 9.17) is 0 Å². The Morgan fingerprint density at radius 3 is 1.29 bits per heavy atom. The van der Waals surface area contributed by atoms with E-state index in [0.717, 1.165) is 38.7 Å². The van der Waals surface area contributed by atoms with Crippen LogP contribution in [0.25, 0.3) is 55.3 Å². The number of nitrogens with zero attached hydrogens (tertiary/aromatic N) is 1. The molecular formula is C46H29F4N. The van der Waals surface area contributed by atoms with Crippen LogP contribution in [-0.2, 0) is 0 Å². The summed E-state index contributed by atoms with van der Waals surface area (Å²) < 4.78 is 60.1. The minimum Gasteiger partial charge on any atom is -0.310 e. The number of anilines is 3. The number of fused-ring (bicyclic) bond motifs is 1. The predicted molar refractivity (Wildman–Crippen MR) is 200 cm³/mol. The lowest BCUT2D eigenvalue weighted by Gasteiger charge is -2.27. The minimum atomic E-state index is -0.677. The molecule has 8 aromatic carbocycles. The van der Waals surface area contributed by atoms with E-state index in [2.05, 4.69) is 48.5 Å². The summed E-state index contributed by atoms with van der Waals surface area (Å²) in [6.45, 7) is 0. The SMILES string of the molecule is Fc1cccc(F)c1-c1cccc(N(c2cccc(-c3c(F)cccc3F)c2)c2ccc3c(-c4ccccc4)cc(-c4ccccc4)cc3c2)c1. The summed E-state index contributed by atoms with van der Waals surface area (Å²) in [5.74, 6) is -2.71. The average Bonchev–Trinajstić information content (AvgIpc) is 3.15. The molecule has 246 valence electrons. The third-order valence-corrected chi connectivity index (χ3v) is 9.10. The maximum atomic E-state index is 15.0. The fourth-order valence-electron chi connectivity index (χ4n) is 6.75. The molecule has 0 amide bonds. The Morgan fingerprint density at radius 1 is 0.314 bits per heavy atom. The molecule has 0 fully saturated rings. The van der Waals surface area contributed by atoms with Crippen molar-refractivity contribution in [3.63, 3.8) is 0 Å². The molecule has 0 aromatic heterocycles. The molecule has 8 aromatic rings. The zero-order valence-electron chi connectivity index (χ0n) is 27.2. The summed E-state index contributed by atoms with van der Waals surface area (Å²) in [5.41, 5.74) is 6.61. The van der Waals surface area contributed by atoms with E-state index in [1.165, 1.54) is 36.4 Å². The summed E-state index contributed by atoms with van der Waals surface area (Å²) in [6, 6.07) is 52.4. The summed E-state index contributed by atoms with van der Waals surface area (Å²) >= 11 is 0. The largest absolute Gasteiger partial charge is 0.310 e. The minimum absolute atomic E-state index is 0.139. The van der Waals surface area contributed by atoms with Gasteiger partial charge in [-0.05, 0) is 117 Å². The maximum Gasteiger partial charge on any atom is 0.133 e. The summed E-state index contributed by atoms with van der Waals surface area (Å²) in [7, 11) is 0. The molecule has 0 aliphatic carbocycles.